The van der Waals surface area contributed by atoms with Gasteiger partial charge in [-0.1, -0.05) is 11.2 Å². The van der Waals surface area contributed by atoms with Gasteiger partial charge >= 0.3 is 0 Å². The molecule has 4 rings (SSSR count). The van der Waals surface area contributed by atoms with Crippen LogP contribution in [0.1, 0.15) is 60.3 Å². The number of aromatic nitrogens is 1. The van der Waals surface area contributed by atoms with Gasteiger partial charge in [-0.3, -0.25) is 4.79 Å². The zero-order chi connectivity index (χ0) is 20.6. The smallest absolute Gasteiger partial charge is 0.273 e. The molecule has 1 saturated heterocycles. The zero-order valence-corrected chi connectivity index (χ0v) is 16.9. The van der Waals surface area contributed by atoms with Crippen LogP contribution in [0.25, 0.3) is 0 Å². The highest BCUT2D eigenvalue weighted by Crippen LogP contribution is 2.40. The number of carbonyl (C=O) groups excluding carboxylic acids is 1. The maximum Gasteiger partial charge on any atom is 0.273 e. The van der Waals surface area contributed by atoms with Crippen LogP contribution in [0.4, 0.5) is 0 Å². The van der Waals surface area contributed by atoms with Crippen molar-refractivity contribution < 1.29 is 17.7 Å². The molecule has 2 heterocycles. The molecule has 2 aromatic rings. The van der Waals surface area contributed by atoms with Crippen molar-refractivity contribution in [1.29, 1.82) is 5.26 Å². The molecule has 152 valence electrons. The predicted molar refractivity (Wildman–Crippen MR) is 103 cm³/mol. The average Bonchev–Trinajstić information content (AvgIpc) is 3.44. The summed E-state index contributed by atoms with van der Waals surface area (Å²) in [4.78, 5) is 12.6. The molecule has 1 aliphatic carbocycles. The number of nitriles is 1. The van der Waals surface area contributed by atoms with Crippen molar-refractivity contribution in [3.05, 3.63) is 47.3 Å². The lowest BCUT2D eigenvalue weighted by atomic mass is 10.0. The quantitative estimate of drug-likeness (QED) is 0.803. The van der Waals surface area contributed by atoms with E-state index in [1.54, 1.807) is 18.2 Å². The topological polar surface area (TPSA) is 116 Å². The van der Waals surface area contributed by atoms with Crippen LogP contribution in [-0.2, 0) is 10.0 Å². The number of nitrogens with zero attached hydrogens (tertiary/aromatic N) is 3. The van der Waals surface area contributed by atoms with Crippen molar-refractivity contribution in [2.45, 2.75) is 55.5 Å². The van der Waals surface area contributed by atoms with E-state index in [2.05, 4.69) is 10.5 Å². The molecule has 0 bridgehead atoms. The van der Waals surface area contributed by atoms with E-state index < -0.39 is 10.0 Å². The Morgan fingerprint density at radius 3 is 2.79 bits per heavy atom. The van der Waals surface area contributed by atoms with E-state index in [9.17, 15) is 13.2 Å². The van der Waals surface area contributed by atoms with Gasteiger partial charge in [0.25, 0.3) is 5.91 Å². The van der Waals surface area contributed by atoms with Gasteiger partial charge in [0.2, 0.25) is 10.0 Å². The molecule has 9 heteroatoms. The summed E-state index contributed by atoms with van der Waals surface area (Å²) in [6.07, 6.45) is 3.13. The van der Waals surface area contributed by atoms with Gasteiger partial charge < -0.3 is 9.84 Å². The molecule has 29 heavy (non-hydrogen) atoms. The highest BCUT2D eigenvalue weighted by molar-refractivity contribution is 7.89. The Balaban J connectivity index is 1.40. The van der Waals surface area contributed by atoms with E-state index in [1.807, 2.05) is 13.0 Å². The van der Waals surface area contributed by atoms with Gasteiger partial charge in [-0.25, -0.2) is 8.42 Å². The molecule has 1 saturated carbocycles. The maximum atomic E-state index is 13.0. The molecule has 1 aliphatic heterocycles. The van der Waals surface area contributed by atoms with Gasteiger partial charge in [-0.2, -0.15) is 9.57 Å². The lowest BCUT2D eigenvalue weighted by Crippen LogP contribution is -2.50. The van der Waals surface area contributed by atoms with Gasteiger partial charge in [0.05, 0.1) is 16.5 Å². The van der Waals surface area contributed by atoms with Crippen LogP contribution in [-0.4, -0.2) is 42.4 Å². The van der Waals surface area contributed by atoms with Crippen molar-refractivity contribution >= 4 is 15.9 Å². The highest BCUT2D eigenvalue weighted by atomic mass is 32.2. The number of amides is 1. The normalized spacial score (nSPS) is 22.8. The molecular weight excluding hydrogens is 392 g/mol. The lowest BCUT2D eigenvalue weighted by Gasteiger charge is -2.36. The summed E-state index contributed by atoms with van der Waals surface area (Å²) in [6, 6.07) is 9.25. The van der Waals surface area contributed by atoms with E-state index in [-0.39, 0.29) is 35.1 Å². The summed E-state index contributed by atoms with van der Waals surface area (Å²) in [5.74, 6) is 0.844. The second-order valence-corrected chi connectivity index (χ2v) is 9.58. The second-order valence-electron chi connectivity index (χ2n) is 7.69. The maximum absolute atomic E-state index is 13.0. The number of hydrogen-bond donors (Lipinski definition) is 1. The Hall–Kier alpha value is -2.70. The third-order valence-corrected chi connectivity index (χ3v) is 7.47. The van der Waals surface area contributed by atoms with Crippen LogP contribution in [0, 0.1) is 11.3 Å². The van der Waals surface area contributed by atoms with E-state index in [4.69, 9.17) is 9.78 Å². The van der Waals surface area contributed by atoms with Crippen molar-refractivity contribution in [3.8, 4) is 6.07 Å². The molecule has 0 radical (unpaired) electrons. The number of benzene rings is 1. The summed E-state index contributed by atoms with van der Waals surface area (Å²) in [7, 11) is -3.70. The number of rotatable bonds is 5. The molecule has 1 aromatic heterocycles. The molecule has 0 unspecified atom stereocenters. The fourth-order valence-electron chi connectivity index (χ4n) is 3.72. The fourth-order valence-corrected chi connectivity index (χ4v) is 5.42. The second kappa shape index (κ2) is 7.61. The van der Waals surface area contributed by atoms with Crippen molar-refractivity contribution in [2.75, 3.05) is 6.54 Å². The van der Waals surface area contributed by atoms with Crippen molar-refractivity contribution in [3.63, 3.8) is 0 Å². The molecule has 8 nitrogen and oxygen atoms in total. The summed E-state index contributed by atoms with van der Waals surface area (Å²) < 4.78 is 32.7. The minimum Gasteiger partial charge on any atom is -0.360 e. The number of piperidine rings is 1. The molecule has 2 atom stereocenters. The number of nitrogens with one attached hydrogen (secondary N) is 1. The zero-order valence-electron chi connectivity index (χ0n) is 16.0. The van der Waals surface area contributed by atoms with Crippen molar-refractivity contribution in [1.82, 2.24) is 14.8 Å². The molecule has 0 spiro atoms. The van der Waals surface area contributed by atoms with Crippen LogP contribution in [0.5, 0.6) is 0 Å². The highest BCUT2D eigenvalue weighted by Gasteiger charge is 2.35. The third kappa shape index (κ3) is 4.04. The standard InChI is InChI=1S/C20H22N4O4S/c1-13-9-16(22-20(25)18-11-19(28-23-18)15-5-6-15)7-8-24(13)29(26,27)17-4-2-3-14(10-17)12-21/h2-4,10-11,13,15-16H,5-9H2,1H3,(H,22,25)/t13-,16-/m0/s1. The van der Waals surface area contributed by atoms with Crippen molar-refractivity contribution in [2.24, 2.45) is 0 Å². The van der Waals surface area contributed by atoms with Gasteiger partial charge in [0.1, 0.15) is 5.76 Å². The molecule has 1 aromatic carbocycles. The number of hydrogen-bond acceptors (Lipinski definition) is 6. The Morgan fingerprint density at radius 2 is 2.10 bits per heavy atom. The van der Waals surface area contributed by atoms with Gasteiger partial charge in [0, 0.05) is 30.6 Å². The fraction of sp³-hybridized carbons (Fsp3) is 0.450. The Bertz CT molecular complexity index is 1070. The Morgan fingerprint density at radius 1 is 1.31 bits per heavy atom. The van der Waals surface area contributed by atoms with Gasteiger partial charge in [-0.05, 0) is 50.8 Å². The summed E-state index contributed by atoms with van der Waals surface area (Å²) in [6.45, 7) is 2.11. The molecule has 2 fully saturated rings. The Labute approximate surface area is 169 Å². The summed E-state index contributed by atoms with van der Waals surface area (Å²) in [5, 5.41) is 15.8. The number of sulfonamides is 1. The monoisotopic (exact) mass is 414 g/mol. The van der Waals surface area contributed by atoms with Gasteiger partial charge in [-0.15, -0.1) is 0 Å². The van der Waals surface area contributed by atoms with E-state index in [0.717, 1.165) is 18.6 Å². The minimum atomic E-state index is -3.70. The van der Waals surface area contributed by atoms with E-state index in [1.165, 1.54) is 16.4 Å². The van der Waals surface area contributed by atoms with E-state index >= 15 is 0 Å². The van der Waals surface area contributed by atoms with Gasteiger partial charge in [0.15, 0.2) is 5.69 Å². The molecule has 1 amide bonds. The average molecular weight is 414 g/mol. The lowest BCUT2D eigenvalue weighted by molar-refractivity contribution is 0.0905. The Kier molecular flexibility index (Phi) is 5.15. The molecule has 1 N–H and O–H groups in total. The van der Waals surface area contributed by atoms with Crippen LogP contribution >= 0.6 is 0 Å². The SMILES string of the molecule is C[C@H]1C[C@@H](NC(=O)c2cc(C3CC3)on2)CCN1S(=O)(=O)c1cccc(C#N)c1. The first-order valence-electron chi connectivity index (χ1n) is 9.68. The predicted octanol–water partition coefficient (Wildman–Crippen LogP) is 2.40. The van der Waals surface area contributed by atoms with E-state index in [0.29, 0.717) is 24.3 Å². The van der Waals surface area contributed by atoms with Crippen LogP contribution in [0.2, 0.25) is 0 Å². The summed E-state index contributed by atoms with van der Waals surface area (Å²) >= 11 is 0. The van der Waals surface area contributed by atoms with Crippen LogP contribution < -0.4 is 5.32 Å². The van der Waals surface area contributed by atoms with Crippen LogP contribution in [0.15, 0.2) is 39.8 Å². The molecule has 2 aliphatic rings. The largest absolute Gasteiger partial charge is 0.360 e. The first-order valence-corrected chi connectivity index (χ1v) is 11.1. The third-order valence-electron chi connectivity index (χ3n) is 5.46. The number of carbonyl (C=O) groups is 1. The molecular formula is C20H22N4O4S. The first kappa shape index (κ1) is 19.6. The summed E-state index contributed by atoms with van der Waals surface area (Å²) in [5.41, 5.74) is 0.571. The first-order chi connectivity index (χ1) is 13.9. The minimum absolute atomic E-state index is 0.112. The van der Waals surface area contributed by atoms with Crippen LogP contribution in [0.3, 0.4) is 0 Å².